The molecule has 1 heterocycles. The van der Waals surface area contributed by atoms with Crippen LogP contribution in [0.3, 0.4) is 0 Å². The second-order valence-electron chi connectivity index (χ2n) is 7.45. The number of hydrogen-bond acceptors (Lipinski definition) is 6. The Labute approximate surface area is 153 Å². The summed E-state index contributed by atoms with van der Waals surface area (Å²) < 4.78 is 9.96. The molecule has 1 rings (SSSR count). The highest BCUT2D eigenvalue weighted by atomic mass is 16.6. The van der Waals surface area contributed by atoms with Gasteiger partial charge < -0.3 is 14.8 Å². The van der Waals surface area contributed by atoms with Crippen molar-refractivity contribution >= 4 is 23.8 Å². The van der Waals surface area contributed by atoms with Gasteiger partial charge in [0.25, 0.3) is 5.91 Å². The number of hydrogen-bond donors (Lipinski definition) is 2. The van der Waals surface area contributed by atoms with E-state index in [9.17, 15) is 19.2 Å². The zero-order chi connectivity index (χ0) is 20.1. The number of Topliss-reactive ketones (excluding diaryl/α,β-unsaturated/α-hetero) is 1. The lowest BCUT2D eigenvalue weighted by molar-refractivity contribution is -0.137. The Balaban J connectivity index is 3.09. The zero-order valence-corrected chi connectivity index (χ0v) is 16.2. The quantitative estimate of drug-likeness (QED) is 0.417. The number of esters is 1. The molecule has 0 bridgehead atoms. The minimum Gasteiger partial charge on any atom is -0.463 e. The molecule has 1 aliphatic rings. The smallest absolute Gasteiger partial charge is 0.408 e. The maximum Gasteiger partial charge on any atom is 0.408 e. The van der Waals surface area contributed by atoms with Crippen molar-refractivity contribution in [3.8, 4) is 0 Å². The molecule has 1 saturated heterocycles. The summed E-state index contributed by atoms with van der Waals surface area (Å²) >= 11 is 0. The topological polar surface area (TPSA) is 111 Å². The van der Waals surface area contributed by atoms with Crippen LogP contribution in [0.1, 0.15) is 48.0 Å². The van der Waals surface area contributed by atoms with Gasteiger partial charge in [0.15, 0.2) is 11.3 Å². The summed E-state index contributed by atoms with van der Waals surface area (Å²) in [6.07, 6.45) is 1.41. The van der Waals surface area contributed by atoms with Gasteiger partial charge in [-0.05, 0) is 33.6 Å². The summed E-state index contributed by atoms with van der Waals surface area (Å²) in [4.78, 5) is 49.1. The molecule has 0 aromatic carbocycles. The SMILES string of the molecule is CCOC(=O)/C=C/C[C@]1(NC(=O)OC(C)(C)C)C(=O)N[C@H](C(C)C)C1=O. The van der Waals surface area contributed by atoms with E-state index in [2.05, 4.69) is 10.6 Å². The number of carbonyl (C=O) groups is 4. The summed E-state index contributed by atoms with van der Waals surface area (Å²) in [6, 6.07) is -0.728. The molecule has 0 aliphatic carbocycles. The molecule has 8 nitrogen and oxygen atoms in total. The first-order chi connectivity index (χ1) is 11.9. The fourth-order valence-electron chi connectivity index (χ4n) is 2.54. The second kappa shape index (κ2) is 8.33. The van der Waals surface area contributed by atoms with E-state index >= 15 is 0 Å². The van der Waals surface area contributed by atoms with E-state index in [0.717, 1.165) is 6.08 Å². The fraction of sp³-hybridized carbons (Fsp3) is 0.667. The molecule has 0 unspecified atom stereocenters. The number of rotatable bonds is 6. The van der Waals surface area contributed by atoms with E-state index in [1.165, 1.54) is 6.08 Å². The van der Waals surface area contributed by atoms with Gasteiger partial charge in [-0.3, -0.25) is 14.9 Å². The van der Waals surface area contributed by atoms with Crippen molar-refractivity contribution in [2.75, 3.05) is 6.61 Å². The normalized spacial score (nSPS) is 23.3. The summed E-state index contributed by atoms with van der Waals surface area (Å²) in [5.74, 6) is -1.83. The summed E-state index contributed by atoms with van der Waals surface area (Å²) in [5, 5.41) is 5.03. The molecule has 2 N–H and O–H groups in total. The lowest BCUT2D eigenvalue weighted by atomic mass is 9.86. The highest BCUT2D eigenvalue weighted by molar-refractivity contribution is 6.20. The van der Waals surface area contributed by atoms with E-state index in [-0.39, 0.29) is 18.9 Å². The van der Waals surface area contributed by atoms with E-state index < -0.39 is 40.9 Å². The largest absolute Gasteiger partial charge is 0.463 e. The first-order valence-corrected chi connectivity index (χ1v) is 8.62. The molecule has 0 saturated carbocycles. The van der Waals surface area contributed by atoms with E-state index in [1.54, 1.807) is 41.5 Å². The Kier molecular flexibility index (Phi) is 6.94. The molecule has 0 aromatic rings. The molecule has 0 radical (unpaired) electrons. The number of carbonyl (C=O) groups excluding carboxylic acids is 4. The molecular formula is C18H28N2O6. The molecule has 2 atom stereocenters. The zero-order valence-electron chi connectivity index (χ0n) is 16.2. The Hall–Kier alpha value is -2.38. The lowest BCUT2D eigenvalue weighted by Crippen LogP contribution is -2.58. The second-order valence-corrected chi connectivity index (χ2v) is 7.45. The van der Waals surface area contributed by atoms with E-state index in [1.807, 2.05) is 0 Å². The Morgan fingerprint density at radius 3 is 2.38 bits per heavy atom. The van der Waals surface area contributed by atoms with Crippen molar-refractivity contribution in [3.05, 3.63) is 12.2 Å². The van der Waals surface area contributed by atoms with Gasteiger partial charge in [0.1, 0.15) is 5.60 Å². The van der Waals surface area contributed by atoms with Gasteiger partial charge in [-0.2, -0.15) is 0 Å². The molecule has 26 heavy (non-hydrogen) atoms. The van der Waals surface area contributed by atoms with E-state index in [0.29, 0.717) is 0 Å². The van der Waals surface area contributed by atoms with Crippen LogP contribution in [0.25, 0.3) is 0 Å². The molecule has 8 heteroatoms. The maximum atomic E-state index is 12.9. The van der Waals surface area contributed by atoms with Gasteiger partial charge in [-0.1, -0.05) is 19.9 Å². The average molecular weight is 368 g/mol. The average Bonchev–Trinajstić information content (AvgIpc) is 2.71. The Bertz CT molecular complexity index is 605. The molecule has 146 valence electrons. The third kappa shape index (κ3) is 5.31. The van der Waals surface area contributed by atoms with Gasteiger partial charge in [-0.25, -0.2) is 9.59 Å². The van der Waals surface area contributed by atoms with Crippen molar-refractivity contribution < 1.29 is 28.7 Å². The van der Waals surface area contributed by atoms with Crippen LogP contribution in [0.15, 0.2) is 12.2 Å². The summed E-state index contributed by atoms with van der Waals surface area (Å²) in [6.45, 7) is 10.5. The van der Waals surface area contributed by atoms with Gasteiger partial charge in [0.2, 0.25) is 0 Å². The molecular weight excluding hydrogens is 340 g/mol. The van der Waals surface area contributed by atoms with Crippen LogP contribution < -0.4 is 10.6 Å². The lowest BCUT2D eigenvalue weighted by Gasteiger charge is -2.28. The molecule has 1 fully saturated rings. The number of alkyl carbamates (subject to hydrolysis) is 1. The van der Waals surface area contributed by atoms with Crippen molar-refractivity contribution in [3.63, 3.8) is 0 Å². The maximum absolute atomic E-state index is 12.9. The van der Waals surface area contributed by atoms with Crippen LogP contribution in [-0.4, -0.2) is 47.5 Å². The number of amides is 2. The van der Waals surface area contributed by atoms with Crippen molar-refractivity contribution in [2.24, 2.45) is 5.92 Å². The fourth-order valence-corrected chi connectivity index (χ4v) is 2.54. The number of ether oxygens (including phenoxy) is 2. The van der Waals surface area contributed by atoms with Crippen LogP contribution in [0.2, 0.25) is 0 Å². The molecule has 1 aliphatic heterocycles. The molecule has 0 aromatic heterocycles. The number of nitrogens with one attached hydrogen (secondary N) is 2. The highest BCUT2D eigenvalue weighted by Gasteiger charge is 2.56. The Morgan fingerprint density at radius 1 is 1.31 bits per heavy atom. The van der Waals surface area contributed by atoms with Crippen LogP contribution in [0, 0.1) is 5.92 Å². The van der Waals surface area contributed by atoms with E-state index in [4.69, 9.17) is 9.47 Å². The first-order valence-electron chi connectivity index (χ1n) is 8.62. The van der Waals surface area contributed by atoms with Crippen molar-refractivity contribution in [2.45, 2.75) is 65.1 Å². The van der Waals surface area contributed by atoms with Gasteiger partial charge in [-0.15, -0.1) is 0 Å². The predicted octanol–water partition coefficient (Wildman–Crippen LogP) is 1.48. The minimum absolute atomic E-state index is 0.150. The van der Waals surface area contributed by atoms with Crippen molar-refractivity contribution in [1.82, 2.24) is 10.6 Å². The molecule has 2 amide bonds. The predicted molar refractivity (Wildman–Crippen MR) is 94.3 cm³/mol. The standard InChI is InChI=1S/C18H28N2O6/c1-7-25-12(21)9-8-10-18(20-16(24)26-17(4,5)6)14(22)13(11(2)3)19-15(18)23/h8-9,11,13H,7,10H2,1-6H3,(H,19,23)(H,20,24)/b9-8+/t13-,18-/m1/s1. The first kappa shape index (κ1) is 21.7. The third-order valence-electron chi connectivity index (χ3n) is 3.72. The van der Waals surface area contributed by atoms with Crippen LogP contribution in [-0.2, 0) is 23.9 Å². The van der Waals surface area contributed by atoms with Gasteiger partial charge in [0, 0.05) is 12.5 Å². The van der Waals surface area contributed by atoms with Gasteiger partial charge >= 0.3 is 12.1 Å². The number of ketones is 1. The van der Waals surface area contributed by atoms with Crippen LogP contribution in [0.5, 0.6) is 0 Å². The third-order valence-corrected chi connectivity index (χ3v) is 3.72. The highest BCUT2D eigenvalue weighted by Crippen LogP contribution is 2.26. The summed E-state index contributed by atoms with van der Waals surface area (Å²) in [5.41, 5.74) is -2.61. The van der Waals surface area contributed by atoms with Crippen molar-refractivity contribution in [1.29, 1.82) is 0 Å². The summed E-state index contributed by atoms with van der Waals surface area (Å²) in [7, 11) is 0. The van der Waals surface area contributed by atoms with Crippen LogP contribution >= 0.6 is 0 Å². The van der Waals surface area contributed by atoms with Gasteiger partial charge in [0.05, 0.1) is 12.6 Å². The molecule has 0 spiro atoms. The monoisotopic (exact) mass is 368 g/mol. The Morgan fingerprint density at radius 2 is 1.92 bits per heavy atom. The van der Waals surface area contributed by atoms with Crippen LogP contribution in [0.4, 0.5) is 4.79 Å². The minimum atomic E-state index is -1.82.